The molecule has 1 heterocycles. The number of fused-ring (bicyclic) bond motifs is 5. The molecular formula is C35H42ClNO2. The van der Waals surface area contributed by atoms with E-state index in [4.69, 9.17) is 16.3 Å². The van der Waals surface area contributed by atoms with Gasteiger partial charge in [-0.05, 0) is 121 Å². The number of halogens is 1. The zero-order valence-electron chi connectivity index (χ0n) is 23.5. The van der Waals surface area contributed by atoms with E-state index < -0.39 is 0 Å². The van der Waals surface area contributed by atoms with Crippen molar-refractivity contribution in [3.8, 4) is 5.75 Å². The molecule has 1 aliphatic heterocycles. The van der Waals surface area contributed by atoms with Gasteiger partial charge in [-0.2, -0.15) is 0 Å². The maximum Gasteiger partial charge on any atom is 0.142 e. The van der Waals surface area contributed by atoms with E-state index in [1.165, 1.54) is 12.8 Å². The zero-order valence-corrected chi connectivity index (χ0v) is 24.3. The number of allylic oxidation sites excluding steroid dienone is 6. The number of carbonyl (C=O) groups excluding carboxylic acids is 1. The Morgan fingerprint density at radius 2 is 1.90 bits per heavy atom. The van der Waals surface area contributed by atoms with Gasteiger partial charge in [-0.1, -0.05) is 51.1 Å². The Hall–Kier alpha value is -2.48. The van der Waals surface area contributed by atoms with Gasteiger partial charge in [0, 0.05) is 23.3 Å². The summed E-state index contributed by atoms with van der Waals surface area (Å²) in [6.07, 6.45) is 18.9. The fourth-order valence-corrected chi connectivity index (χ4v) is 9.99. The Labute approximate surface area is 239 Å². The van der Waals surface area contributed by atoms with Crippen molar-refractivity contribution in [2.24, 2.45) is 52.3 Å². The van der Waals surface area contributed by atoms with Gasteiger partial charge in [-0.15, -0.1) is 5.73 Å². The Morgan fingerprint density at radius 1 is 1.10 bits per heavy atom. The molecule has 1 aromatic carbocycles. The lowest BCUT2D eigenvalue weighted by Gasteiger charge is -2.64. The van der Waals surface area contributed by atoms with Gasteiger partial charge < -0.3 is 10.1 Å². The number of Topliss-reactive ketones (excluding diaryl/α,β-unsaturated/α-hetero) is 1. The van der Waals surface area contributed by atoms with Crippen molar-refractivity contribution in [3.05, 3.63) is 83.9 Å². The third kappa shape index (κ3) is 4.47. The summed E-state index contributed by atoms with van der Waals surface area (Å²) in [5.41, 5.74) is 4.49. The van der Waals surface area contributed by atoms with Crippen molar-refractivity contribution in [3.63, 3.8) is 0 Å². The number of rotatable bonds is 4. The van der Waals surface area contributed by atoms with Crippen LogP contribution in [0.4, 0.5) is 0 Å². The summed E-state index contributed by atoms with van der Waals surface area (Å²) < 4.78 is 6.56. The molecule has 0 amide bonds. The molecule has 39 heavy (non-hydrogen) atoms. The first-order valence-corrected chi connectivity index (χ1v) is 15.2. The van der Waals surface area contributed by atoms with Crippen LogP contribution in [0, 0.1) is 52.3 Å². The molecule has 4 heteroatoms. The Bertz CT molecular complexity index is 1260. The smallest absolute Gasteiger partial charge is 0.142 e. The highest BCUT2D eigenvalue weighted by atomic mass is 35.5. The molecule has 3 nitrogen and oxygen atoms in total. The van der Waals surface area contributed by atoms with Gasteiger partial charge in [-0.25, -0.2) is 0 Å². The molecule has 1 aromatic rings. The molecule has 0 saturated heterocycles. The van der Waals surface area contributed by atoms with Crippen LogP contribution in [0.2, 0.25) is 5.02 Å². The van der Waals surface area contributed by atoms with Crippen LogP contribution in [0.25, 0.3) is 0 Å². The van der Waals surface area contributed by atoms with E-state index >= 15 is 0 Å². The van der Waals surface area contributed by atoms with Crippen molar-refractivity contribution in [2.75, 3.05) is 0 Å². The fraction of sp³-hybridized carbons (Fsp3) is 0.543. The summed E-state index contributed by atoms with van der Waals surface area (Å²) >= 11 is 6.12. The number of hydrogen-bond acceptors (Lipinski definition) is 3. The first-order chi connectivity index (χ1) is 18.7. The predicted octanol–water partition coefficient (Wildman–Crippen LogP) is 8.30. The predicted molar refractivity (Wildman–Crippen MR) is 158 cm³/mol. The monoisotopic (exact) mass is 543 g/mol. The summed E-state index contributed by atoms with van der Waals surface area (Å²) in [5.74, 6) is 4.08. The van der Waals surface area contributed by atoms with Crippen molar-refractivity contribution in [1.82, 2.24) is 5.32 Å². The molecule has 0 radical (unpaired) electrons. The average Bonchev–Trinajstić information content (AvgIpc) is 3.04. The number of hydrogen-bond donors (Lipinski definition) is 1. The largest absolute Gasteiger partial charge is 0.490 e. The highest BCUT2D eigenvalue weighted by molar-refractivity contribution is 6.30. The second kappa shape index (κ2) is 10.2. The van der Waals surface area contributed by atoms with Crippen molar-refractivity contribution in [1.29, 1.82) is 0 Å². The van der Waals surface area contributed by atoms with Crippen LogP contribution in [-0.2, 0) is 4.79 Å². The number of ketones is 1. The molecule has 5 aliphatic rings. The lowest BCUT2D eigenvalue weighted by Crippen LogP contribution is -2.61. The molecule has 0 spiro atoms. The Morgan fingerprint density at radius 3 is 2.67 bits per heavy atom. The minimum absolute atomic E-state index is 0.0269. The molecule has 4 fully saturated rings. The van der Waals surface area contributed by atoms with Crippen LogP contribution < -0.4 is 10.1 Å². The van der Waals surface area contributed by atoms with Gasteiger partial charge in [-0.3, -0.25) is 4.79 Å². The minimum atomic E-state index is -0.0851. The van der Waals surface area contributed by atoms with Gasteiger partial charge in [0.15, 0.2) is 0 Å². The van der Waals surface area contributed by atoms with E-state index in [-0.39, 0.29) is 23.4 Å². The first kappa shape index (κ1) is 26.7. The molecule has 6 rings (SSSR count). The van der Waals surface area contributed by atoms with Crippen LogP contribution >= 0.6 is 11.6 Å². The van der Waals surface area contributed by atoms with Gasteiger partial charge >= 0.3 is 0 Å². The molecular weight excluding hydrogens is 502 g/mol. The Kier molecular flexibility index (Phi) is 6.97. The number of benzene rings is 1. The van der Waals surface area contributed by atoms with Crippen LogP contribution in [0.15, 0.2) is 78.9 Å². The zero-order chi connectivity index (χ0) is 27.4. The Balaban J connectivity index is 1.33. The molecule has 0 bridgehead atoms. The van der Waals surface area contributed by atoms with Crippen molar-refractivity contribution >= 4 is 17.4 Å². The minimum Gasteiger partial charge on any atom is -0.490 e. The number of nitrogens with one attached hydrogen (secondary N) is 1. The van der Waals surface area contributed by atoms with E-state index in [9.17, 15) is 4.79 Å². The molecule has 10 atom stereocenters. The van der Waals surface area contributed by atoms with Gasteiger partial charge in [0.2, 0.25) is 0 Å². The van der Waals surface area contributed by atoms with Crippen LogP contribution in [0.3, 0.4) is 0 Å². The molecule has 206 valence electrons. The van der Waals surface area contributed by atoms with Crippen LogP contribution in [-0.4, -0.2) is 11.9 Å². The second-order valence-corrected chi connectivity index (χ2v) is 13.9. The average molecular weight is 544 g/mol. The summed E-state index contributed by atoms with van der Waals surface area (Å²) in [6, 6.07) is 7.82. The highest BCUT2D eigenvalue weighted by Crippen LogP contribution is 2.69. The van der Waals surface area contributed by atoms with E-state index in [2.05, 4.69) is 56.6 Å². The molecule has 2 unspecified atom stereocenters. The first-order valence-electron chi connectivity index (χ1n) is 14.9. The topological polar surface area (TPSA) is 38.3 Å². The summed E-state index contributed by atoms with van der Waals surface area (Å²) in [6.45, 7) is 11.5. The van der Waals surface area contributed by atoms with Crippen molar-refractivity contribution < 1.29 is 9.53 Å². The van der Waals surface area contributed by atoms with Crippen LogP contribution in [0.1, 0.15) is 59.3 Å². The third-order valence-electron chi connectivity index (χ3n) is 11.5. The maximum absolute atomic E-state index is 13.8. The standard InChI is InChI=1S/C35H42ClNO2/c1-5-9-23-19-31(38)33(30-10-7-6-8-17-37-30)29-18-22(2)32-27(35(23,29)4)15-16-34(3)21-26(20-28(32)34)39-25-13-11-24(36)12-14-25/h6-14,17,22-23,26-29,32-33,37H,1,15-16,18-21H2,2-4H3/t22-,23?,26-,27-,28-,29-,32+,33?,34+,35+/m0/s1. The number of carbonyl (C=O) groups is 1. The van der Waals surface area contributed by atoms with E-state index in [0.29, 0.717) is 47.2 Å². The van der Waals surface area contributed by atoms with Gasteiger partial charge in [0.25, 0.3) is 0 Å². The summed E-state index contributed by atoms with van der Waals surface area (Å²) in [5, 5.41) is 4.22. The van der Waals surface area contributed by atoms with E-state index in [0.717, 1.165) is 35.7 Å². The number of ether oxygens (including phenoxy) is 1. The van der Waals surface area contributed by atoms with E-state index in [1.54, 1.807) is 0 Å². The molecule has 4 saturated carbocycles. The lowest BCUT2D eigenvalue weighted by atomic mass is 9.39. The fourth-order valence-electron chi connectivity index (χ4n) is 9.86. The quantitative estimate of drug-likeness (QED) is 0.388. The third-order valence-corrected chi connectivity index (χ3v) is 11.8. The normalized spacial score (nSPS) is 42.7. The van der Waals surface area contributed by atoms with Crippen molar-refractivity contribution in [2.45, 2.75) is 65.4 Å². The van der Waals surface area contributed by atoms with E-state index in [1.807, 2.05) is 42.6 Å². The maximum atomic E-state index is 13.8. The molecule has 0 aromatic heterocycles. The lowest BCUT2D eigenvalue weighted by molar-refractivity contribution is -0.167. The SMILES string of the molecule is C=C=CC1CC(=O)C(C2=CC=CC=CN2)[C@@H]2C[C@H](C)[C@H]3[C@@H]4C[C@H](Oc5ccc(Cl)cc5)C[C@@]4(C)CC[C@@H]3[C@@]12C. The highest BCUT2D eigenvalue weighted by Gasteiger charge is 2.65. The van der Waals surface area contributed by atoms with Gasteiger partial charge in [0.1, 0.15) is 11.5 Å². The van der Waals surface area contributed by atoms with Gasteiger partial charge in [0.05, 0.1) is 12.0 Å². The summed E-state index contributed by atoms with van der Waals surface area (Å²) in [7, 11) is 0. The molecule has 1 N–H and O–H groups in total. The molecule has 4 aliphatic carbocycles. The van der Waals surface area contributed by atoms with Crippen LogP contribution in [0.5, 0.6) is 5.75 Å². The second-order valence-electron chi connectivity index (χ2n) is 13.4. The summed E-state index contributed by atoms with van der Waals surface area (Å²) in [4.78, 5) is 13.8.